The first-order valence-electron chi connectivity index (χ1n) is 12.7. The fraction of sp³-hybridized carbons (Fsp3) is 0.357. The van der Waals surface area contributed by atoms with Gasteiger partial charge in [-0.15, -0.1) is 0 Å². The van der Waals surface area contributed by atoms with Crippen molar-refractivity contribution >= 4 is 34.3 Å². The van der Waals surface area contributed by atoms with Gasteiger partial charge in [0.25, 0.3) is 5.91 Å². The van der Waals surface area contributed by atoms with Crippen LogP contribution in [-0.4, -0.2) is 64.8 Å². The third-order valence-corrected chi connectivity index (χ3v) is 7.47. The van der Waals surface area contributed by atoms with Gasteiger partial charge >= 0.3 is 0 Å². The number of hydrogen-bond acceptors (Lipinski definition) is 7. The molecule has 0 bridgehead atoms. The Labute approximate surface area is 214 Å². The van der Waals surface area contributed by atoms with Crippen LogP contribution in [0.2, 0.25) is 0 Å². The molecule has 3 aliphatic heterocycles. The number of amides is 3. The van der Waals surface area contributed by atoms with Gasteiger partial charge in [-0.1, -0.05) is 6.07 Å². The third kappa shape index (κ3) is 4.62. The van der Waals surface area contributed by atoms with Crippen molar-refractivity contribution in [3.63, 3.8) is 0 Å². The molecule has 1 unspecified atom stereocenters. The van der Waals surface area contributed by atoms with Crippen LogP contribution in [0.3, 0.4) is 0 Å². The van der Waals surface area contributed by atoms with Gasteiger partial charge < -0.3 is 15.0 Å². The van der Waals surface area contributed by atoms with E-state index in [0.29, 0.717) is 18.5 Å². The molecule has 3 aromatic rings. The second-order valence-electron chi connectivity index (χ2n) is 9.98. The van der Waals surface area contributed by atoms with E-state index >= 15 is 0 Å². The van der Waals surface area contributed by atoms with Crippen LogP contribution in [0.5, 0.6) is 5.75 Å². The first-order valence-corrected chi connectivity index (χ1v) is 12.7. The summed E-state index contributed by atoms with van der Waals surface area (Å²) in [6.07, 6.45) is 3.44. The lowest BCUT2D eigenvalue weighted by Crippen LogP contribution is -2.52. The smallest absolute Gasteiger partial charge is 0.255 e. The zero-order chi connectivity index (χ0) is 25.5. The van der Waals surface area contributed by atoms with Crippen molar-refractivity contribution in [1.29, 1.82) is 0 Å². The number of hydrogen-bond donors (Lipinski definition) is 2. The van der Waals surface area contributed by atoms with Gasteiger partial charge in [-0.05, 0) is 60.4 Å². The number of nitrogens with one attached hydrogen (secondary N) is 2. The molecule has 9 nitrogen and oxygen atoms in total. The van der Waals surface area contributed by atoms with Crippen LogP contribution >= 0.6 is 0 Å². The molecule has 1 aromatic heterocycles. The SMILES string of the molecule is CNc1cnc2ccc(CN3CC[C@H](Oc4ccc5c(c4)CN(C4CCC(=O)NC4=O)C5=O)C3)cc2c1. The molecule has 0 spiro atoms. The van der Waals surface area contributed by atoms with Gasteiger partial charge in [0, 0.05) is 50.6 Å². The minimum absolute atomic E-state index is 0.0689. The molecule has 4 heterocycles. The molecule has 9 heteroatoms. The second-order valence-corrected chi connectivity index (χ2v) is 9.98. The lowest BCUT2D eigenvalue weighted by atomic mass is 10.0. The fourth-order valence-corrected chi connectivity index (χ4v) is 5.53. The predicted molar refractivity (Wildman–Crippen MR) is 138 cm³/mol. The van der Waals surface area contributed by atoms with Crippen molar-refractivity contribution < 1.29 is 19.1 Å². The number of carbonyl (C=O) groups is 3. The number of carbonyl (C=O) groups excluding carboxylic acids is 3. The van der Waals surface area contributed by atoms with E-state index in [4.69, 9.17) is 4.74 Å². The largest absolute Gasteiger partial charge is 0.489 e. The number of imide groups is 1. The van der Waals surface area contributed by atoms with E-state index in [0.717, 1.165) is 54.0 Å². The van der Waals surface area contributed by atoms with Crippen LogP contribution in [-0.2, 0) is 22.7 Å². The number of anilines is 1. The summed E-state index contributed by atoms with van der Waals surface area (Å²) in [6.45, 7) is 2.97. The maximum absolute atomic E-state index is 12.9. The number of nitrogens with zero attached hydrogens (tertiary/aromatic N) is 3. The Morgan fingerprint density at radius 1 is 1.11 bits per heavy atom. The number of piperidine rings is 1. The van der Waals surface area contributed by atoms with Crippen LogP contribution in [0.4, 0.5) is 5.69 Å². The Hall–Kier alpha value is -3.98. The summed E-state index contributed by atoms with van der Waals surface area (Å²) in [7, 11) is 1.89. The summed E-state index contributed by atoms with van der Waals surface area (Å²) in [5.41, 5.74) is 4.67. The highest BCUT2D eigenvalue weighted by Crippen LogP contribution is 2.31. The number of fused-ring (bicyclic) bond motifs is 2. The van der Waals surface area contributed by atoms with Crippen molar-refractivity contribution in [1.82, 2.24) is 20.1 Å². The van der Waals surface area contributed by atoms with E-state index in [1.807, 2.05) is 25.4 Å². The van der Waals surface area contributed by atoms with Crippen LogP contribution in [0.15, 0.2) is 48.7 Å². The lowest BCUT2D eigenvalue weighted by molar-refractivity contribution is -0.136. The van der Waals surface area contributed by atoms with E-state index in [1.165, 1.54) is 5.56 Å². The van der Waals surface area contributed by atoms with E-state index in [9.17, 15) is 14.4 Å². The quantitative estimate of drug-likeness (QED) is 0.503. The van der Waals surface area contributed by atoms with Gasteiger partial charge in [0.1, 0.15) is 17.9 Å². The Bertz CT molecular complexity index is 1410. The minimum Gasteiger partial charge on any atom is -0.489 e. The molecular formula is C28H29N5O4. The lowest BCUT2D eigenvalue weighted by Gasteiger charge is -2.29. The molecule has 37 heavy (non-hydrogen) atoms. The monoisotopic (exact) mass is 499 g/mol. The summed E-state index contributed by atoms with van der Waals surface area (Å²) in [5, 5.41) is 6.60. The molecule has 2 N–H and O–H groups in total. The highest BCUT2D eigenvalue weighted by molar-refractivity contribution is 6.05. The van der Waals surface area contributed by atoms with E-state index in [2.05, 4.69) is 44.8 Å². The zero-order valence-electron chi connectivity index (χ0n) is 20.7. The average molecular weight is 500 g/mol. The molecule has 2 saturated heterocycles. The van der Waals surface area contributed by atoms with Crippen molar-refractivity contribution in [3.8, 4) is 5.75 Å². The molecule has 3 amide bonds. The molecule has 0 aliphatic carbocycles. The first kappa shape index (κ1) is 23.4. The van der Waals surface area contributed by atoms with Gasteiger partial charge in [0.05, 0.1) is 17.4 Å². The standard InChI is InChI=1S/C28H29N5O4/c1-29-20-11-18-10-17(2-5-24(18)30-13-20)14-32-9-8-22(16-32)37-21-3-4-23-19(12-21)15-33(28(23)36)25-6-7-26(34)31-27(25)35/h2-5,10-13,22,25,29H,6-9,14-16H2,1H3,(H,31,34,35)/t22-,25?/m0/s1. The highest BCUT2D eigenvalue weighted by atomic mass is 16.5. The van der Waals surface area contributed by atoms with Gasteiger partial charge in [-0.3, -0.25) is 29.6 Å². The summed E-state index contributed by atoms with van der Waals surface area (Å²) >= 11 is 0. The van der Waals surface area contributed by atoms with Crippen LogP contribution < -0.4 is 15.4 Å². The van der Waals surface area contributed by atoms with Crippen LogP contribution in [0.25, 0.3) is 10.9 Å². The van der Waals surface area contributed by atoms with Crippen LogP contribution in [0, 0.1) is 0 Å². The maximum atomic E-state index is 12.9. The molecule has 2 fully saturated rings. The number of pyridine rings is 1. The molecule has 6 rings (SSSR count). The average Bonchev–Trinajstić information content (AvgIpc) is 3.46. The summed E-state index contributed by atoms with van der Waals surface area (Å²) < 4.78 is 6.31. The Morgan fingerprint density at radius 2 is 2.00 bits per heavy atom. The number of ether oxygens (including phenoxy) is 1. The Morgan fingerprint density at radius 3 is 2.84 bits per heavy atom. The summed E-state index contributed by atoms with van der Waals surface area (Å²) in [4.78, 5) is 45.1. The topological polar surface area (TPSA) is 104 Å². The molecule has 2 aromatic carbocycles. The van der Waals surface area contributed by atoms with Crippen molar-refractivity contribution in [2.45, 2.75) is 44.5 Å². The van der Waals surface area contributed by atoms with Gasteiger partial charge in [-0.2, -0.15) is 0 Å². The number of benzene rings is 2. The normalized spacial score (nSPS) is 21.9. The van der Waals surface area contributed by atoms with Crippen LogP contribution in [0.1, 0.15) is 40.7 Å². The predicted octanol–water partition coefficient (Wildman–Crippen LogP) is 2.69. The van der Waals surface area contributed by atoms with E-state index in [1.54, 1.807) is 11.0 Å². The van der Waals surface area contributed by atoms with Crippen molar-refractivity contribution in [2.75, 3.05) is 25.5 Å². The number of likely N-dealkylation sites (tertiary alicyclic amines) is 1. The highest BCUT2D eigenvalue weighted by Gasteiger charge is 2.39. The van der Waals surface area contributed by atoms with Gasteiger partial charge in [0.15, 0.2) is 0 Å². The molecule has 3 aliphatic rings. The summed E-state index contributed by atoms with van der Waals surface area (Å²) in [6, 6.07) is 13.4. The fourth-order valence-electron chi connectivity index (χ4n) is 5.53. The third-order valence-electron chi connectivity index (χ3n) is 7.47. The maximum Gasteiger partial charge on any atom is 0.255 e. The number of aromatic nitrogens is 1. The Kier molecular flexibility index (Phi) is 6.00. The molecule has 2 atom stereocenters. The van der Waals surface area contributed by atoms with E-state index in [-0.39, 0.29) is 24.3 Å². The molecule has 0 saturated carbocycles. The van der Waals surface area contributed by atoms with Crippen molar-refractivity contribution in [2.24, 2.45) is 0 Å². The Balaban J connectivity index is 1.08. The molecule has 190 valence electrons. The first-order chi connectivity index (χ1) is 18.0. The minimum atomic E-state index is -0.610. The van der Waals surface area contributed by atoms with E-state index < -0.39 is 11.9 Å². The molecule has 0 radical (unpaired) electrons. The zero-order valence-corrected chi connectivity index (χ0v) is 20.7. The number of rotatable bonds is 6. The van der Waals surface area contributed by atoms with Crippen molar-refractivity contribution in [3.05, 3.63) is 65.4 Å². The summed E-state index contributed by atoms with van der Waals surface area (Å²) in [5.74, 6) is -0.118. The van der Waals surface area contributed by atoms with Gasteiger partial charge in [-0.25, -0.2) is 0 Å². The van der Waals surface area contributed by atoms with Gasteiger partial charge in [0.2, 0.25) is 11.8 Å². The molecular weight excluding hydrogens is 470 g/mol. The second kappa shape index (κ2) is 9.48.